The molecular weight excluding hydrogens is 255 g/mol. The SMILES string of the molecule is Cc1cccc[n+]1CC(=O)NCCc1ccc(F)cc1. The molecule has 1 aromatic carbocycles. The Morgan fingerprint density at radius 1 is 1.20 bits per heavy atom. The second-order valence-electron chi connectivity index (χ2n) is 4.70. The van der Waals surface area contributed by atoms with Crippen molar-refractivity contribution in [2.75, 3.05) is 6.54 Å². The Morgan fingerprint density at radius 2 is 1.95 bits per heavy atom. The maximum absolute atomic E-state index is 12.7. The number of rotatable bonds is 5. The number of aryl methyl sites for hydroxylation is 1. The van der Waals surface area contributed by atoms with Crippen LogP contribution in [0.2, 0.25) is 0 Å². The van der Waals surface area contributed by atoms with Crippen molar-refractivity contribution in [2.24, 2.45) is 0 Å². The van der Waals surface area contributed by atoms with Gasteiger partial charge in [-0.25, -0.2) is 4.39 Å². The quantitative estimate of drug-likeness (QED) is 0.828. The van der Waals surface area contributed by atoms with Gasteiger partial charge in [0.25, 0.3) is 5.91 Å². The lowest BCUT2D eigenvalue weighted by atomic mass is 10.1. The van der Waals surface area contributed by atoms with Crippen molar-refractivity contribution >= 4 is 5.91 Å². The maximum atomic E-state index is 12.7. The third kappa shape index (κ3) is 4.16. The molecule has 0 saturated heterocycles. The van der Waals surface area contributed by atoms with Crippen LogP contribution in [0.1, 0.15) is 11.3 Å². The average molecular weight is 273 g/mol. The van der Waals surface area contributed by atoms with Crippen molar-refractivity contribution < 1.29 is 13.8 Å². The van der Waals surface area contributed by atoms with E-state index in [1.54, 1.807) is 12.1 Å². The monoisotopic (exact) mass is 273 g/mol. The summed E-state index contributed by atoms with van der Waals surface area (Å²) < 4.78 is 14.6. The Balaban J connectivity index is 1.78. The maximum Gasteiger partial charge on any atom is 0.286 e. The summed E-state index contributed by atoms with van der Waals surface area (Å²) in [5.74, 6) is -0.264. The first-order chi connectivity index (χ1) is 9.65. The van der Waals surface area contributed by atoms with Crippen molar-refractivity contribution in [3.8, 4) is 0 Å². The Kier molecular flexibility index (Phi) is 4.82. The molecule has 1 amide bonds. The summed E-state index contributed by atoms with van der Waals surface area (Å²) in [6.07, 6.45) is 2.58. The first-order valence-corrected chi connectivity index (χ1v) is 6.61. The summed E-state index contributed by atoms with van der Waals surface area (Å²) >= 11 is 0. The standard InChI is InChI=1S/C16H17FN2O/c1-13-4-2-3-11-19(13)12-16(20)18-10-9-14-5-7-15(17)8-6-14/h2-8,11H,9-10,12H2,1H3/p+1. The van der Waals surface area contributed by atoms with Gasteiger partial charge in [-0.15, -0.1) is 0 Å². The second-order valence-corrected chi connectivity index (χ2v) is 4.70. The van der Waals surface area contributed by atoms with Gasteiger partial charge in [0, 0.05) is 25.6 Å². The van der Waals surface area contributed by atoms with Crippen LogP contribution in [0, 0.1) is 12.7 Å². The molecule has 104 valence electrons. The van der Waals surface area contributed by atoms with E-state index in [-0.39, 0.29) is 11.7 Å². The molecule has 0 saturated carbocycles. The van der Waals surface area contributed by atoms with Crippen LogP contribution in [0.15, 0.2) is 48.7 Å². The molecule has 0 bridgehead atoms. The molecule has 2 rings (SSSR count). The Bertz CT molecular complexity index is 581. The molecular formula is C16H18FN2O+. The molecule has 0 spiro atoms. The van der Waals surface area contributed by atoms with E-state index in [1.165, 1.54) is 12.1 Å². The molecule has 0 unspecified atom stereocenters. The van der Waals surface area contributed by atoms with E-state index in [4.69, 9.17) is 0 Å². The van der Waals surface area contributed by atoms with Crippen molar-refractivity contribution in [1.29, 1.82) is 0 Å². The first-order valence-electron chi connectivity index (χ1n) is 6.61. The summed E-state index contributed by atoms with van der Waals surface area (Å²) in [6.45, 7) is 2.83. The molecule has 1 N–H and O–H groups in total. The van der Waals surface area contributed by atoms with Gasteiger partial charge in [0.2, 0.25) is 6.54 Å². The highest BCUT2D eigenvalue weighted by Crippen LogP contribution is 2.02. The molecule has 1 heterocycles. The van der Waals surface area contributed by atoms with Crippen LogP contribution in [-0.2, 0) is 17.8 Å². The van der Waals surface area contributed by atoms with Gasteiger partial charge in [-0.2, -0.15) is 4.57 Å². The molecule has 0 aliphatic carbocycles. The summed E-state index contributed by atoms with van der Waals surface area (Å²) in [7, 11) is 0. The van der Waals surface area contributed by atoms with Crippen molar-refractivity contribution in [2.45, 2.75) is 19.9 Å². The number of nitrogens with zero attached hydrogens (tertiary/aromatic N) is 1. The smallest absolute Gasteiger partial charge is 0.286 e. The van der Waals surface area contributed by atoms with Crippen LogP contribution in [0.25, 0.3) is 0 Å². The van der Waals surface area contributed by atoms with Gasteiger partial charge < -0.3 is 5.32 Å². The first kappa shape index (κ1) is 14.2. The Morgan fingerprint density at radius 3 is 2.65 bits per heavy atom. The molecule has 3 nitrogen and oxygen atoms in total. The van der Waals surface area contributed by atoms with Gasteiger partial charge >= 0.3 is 0 Å². The molecule has 0 fully saturated rings. The minimum Gasteiger partial charge on any atom is -0.350 e. The van der Waals surface area contributed by atoms with Gasteiger partial charge in [-0.3, -0.25) is 4.79 Å². The van der Waals surface area contributed by atoms with E-state index in [9.17, 15) is 9.18 Å². The van der Waals surface area contributed by atoms with E-state index in [0.29, 0.717) is 19.5 Å². The number of hydrogen-bond donors (Lipinski definition) is 1. The number of hydrogen-bond acceptors (Lipinski definition) is 1. The van der Waals surface area contributed by atoms with Crippen LogP contribution in [0.3, 0.4) is 0 Å². The topological polar surface area (TPSA) is 33.0 Å². The number of benzene rings is 1. The molecule has 0 aliphatic rings. The average Bonchev–Trinajstić information content (AvgIpc) is 2.44. The zero-order valence-electron chi connectivity index (χ0n) is 11.5. The van der Waals surface area contributed by atoms with E-state index in [1.807, 2.05) is 35.9 Å². The van der Waals surface area contributed by atoms with E-state index >= 15 is 0 Å². The van der Waals surface area contributed by atoms with Crippen LogP contribution in [0.5, 0.6) is 0 Å². The number of pyridine rings is 1. The zero-order chi connectivity index (χ0) is 14.4. The van der Waals surface area contributed by atoms with E-state index in [2.05, 4.69) is 5.32 Å². The van der Waals surface area contributed by atoms with E-state index < -0.39 is 0 Å². The summed E-state index contributed by atoms with van der Waals surface area (Å²) in [5.41, 5.74) is 2.05. The van der Waals surface area contributed by atoms with Crippen LogP contribution >= 0.6 is 0 Å². The molecule has 2 aromatic rings. The van der Waals surface area contributed by atoms with Gasteiger partial charge in [-0.05, 0) is 24.1 Å². The molecule has 1 aromatic heterocycles. The number of aromatic nitrogens is 1. The lowest BCUT2D eigenvalue weighted by Gasteiger charge is -2.04. The van der Waals surface area contributed by atoms with Gasteiger partial charge in [0.05, 0.1) is 0 Å². The highest BCUT2D eigenvalue weighted by molar-refractivity contribution is 5.74. The molecule has 0 radical (unpaired) electrons. The highest BCUT2D eigenvalue weighted by atomic mass is 19.1. The van der Waals surface area contributed by atoms with Crippen LogP contribution < -0.4 is 9.88 Å². The number of amides is 1. The molecule has 0 aliphatic heterocycles. The second kappa shape index (κ2) is 6.80. The minimum atomic E-state index is -0.242. The number of nitrogens with one attached hydrogen (secondary N) is 1. The summed E-state index contributed by atoms with van der Waals surface area (Å²) in [4.78, 5) is 11.8. The molecule has 0 atom stereocenters. The van der Waals surface area contributed by atoms with Crippen molar-refractivity contribution in [3.63, 3.8) is 0 Å². The zero-order valence-corrected chi connectivity index (χ0v) is 11.5. The Labute approximate surface area is 118 Å². The minimum absolute atomic E-state index is 0.0218. The largest absolute Gasteiger partial charge is 0.350 e. The third-order valence-electron chi connectivity index (χ3n) is 3.13. The number of carbonyl (C=O) groups excluding carboxylic acids is 1. The van der Waals surface area contributed by atoms with Crippen molar-refractivity contribution in [1.82, 2.24) is 5.32 Å². The molecule has 4 heteroatoms. The fourth-order valence-corrected chi connectivity index (χ4v) is 1.95. The van der Waals surface area contributed by atoms with Crippen LogP contribution in [0.4, 0.5) is 4.39 Å². The van der Waals surface area contributed by atoms with Gasteiger partial charge in [-0.1, -0.05) is 18.2 Å². The predicted octanol–water partition coefficient (Wildman–Crippen LogP) is 1.78. The lowest BCUT2D eigenvalue weighted by molar-refractivity contribution is -0.690. The number of halogens is 1. The Hall–Kier alpha value is -2.23. The summed E-state index contributed by atoms with van der Waals surface area (Å²) in [6, 6.07) is 12.1. The van der Waals surface area contributed by atoms with Crippen LogP contribution in [-0.4, -0.2) is 12.5 Å². The van der Waals surface area contributed by atoms with Gasteiger partial charge in [0.1, 0.15) is 5.82 Å². The normalized spacial score (nSPS) is 10.3. The fourth-order valence-electron chi connectivity index (χ4n) is 1.95. The summed E-state index contributed by atoms with van der Waals surface area (Å²) in [5, 5.41) is 2.87. The number of carbonyl (C=O) groups is 1. The predicted molar refractivity (Wildman–Crippen MR) is 74.5 cm³/mol. The van der Waals surface area contributed by atoms with Gasteiger partial charge in [0.15, 0.2) is 11.9 Å². The highest BCUT2D eigenvalue weighted by Gasteiger charge is 2.10. The third-order valence-corrected chi connectivity index (χ3v) is 3.13. The fraction of sp³-hybridized carbons (Fsp3) is 0.250. The van der Waals surface area contributed by atoms with Crippen molar-refractivity contribution in [3.05, 3.63) is 65.7 Å². The lowest BCUT2D eigenvalue weighted by Crippen LogP contribution is -2.45. The van der Waals surface area contributed by atoms with E-state index in [0.717, 1.165) is 11.3 Å². The molecule has 20 heavy (non-hydrogen) atoms.